The zero-order chi connectivity index (χ0) is 18.6. The van der Waals surface area contributed by atoms with E-state index in [4.69, 9.17) is 11.6 Å². The topological polar surface area (TPSA) is 36.4 Å². The van der Waals surface area contributed by atoms with Gasteiger partial charge in [-0.15, -0.1) is 0 Å². The molecule has 0 aliphatic carbocycles. The monoisotopic (exact) mass is 377 g/mol. The molecule has 1 fully saturated rings. The van der Waals surface area contributed by atoms with Crippen molar-refractivity contribution >= 4 is 40.2 Å². The number of benzene rings is 2. The van der Waals surface area contributed by atoms with Crippen LogP contribution in [0.3, 0.4) is 0 Å². The van der Waals surface area contributed by atoms with Crippen LogP contribution in [-0.4, -0.2) is 42.0 Å². The van der Waals surface area contributed by atoms with Gasteiger partial charge >= 0.3 is 0 Å². The molecule has 5 heteroatoms. The van der Waals surface area contributed by atoms with Gasteiger partial charge in [0.15, 0.2) is 0 Å². The second-order valence-corrected chi connectivity index (χ2v) is 6.98. The fourth-order valence-corrected chi connectivity index (χ4v) is 3.57. The summed E-state index contributed by atoms with van der Waals surface area (Å²) in [4.78, 5) is 21.2. The molecule has 0 atom stereocenters. The van der Waals surface area contributed by atoms with Crippen LogP contribution in [0.4, 0.5) is 5.69 Å². The Morgan fingerprint density at radius 3 is 2.59 bits per heavy atom. The molecule has 0 bridgehead atoms. The predicted molar refractivity (Wildman–Crippen MR) is 111 cm³/mol. The quantitative estimate of drug-likeness (QED) is 0.640. The highest BCUT2D eigenvalue weighted by Gasteiger charge is 2.20. The molecule has 2 heterocycles. The Kier molecular flexibility index (Phi) is 5.07. The molecule has 2 aromatic carbocycles. The molecule has 4 nitrogen and oxygen atoms in total. The lowest BCUT2D eigenvalue weighted by Gasteiger charge is -2.35. The van der Waals surface area contributed by atoms with E-state index in [-0.39, 0.29) is 5.91 Å². The number of amides is 1. The molecule has 0 radical (unpaired) electrons. The molecule has 136 valence electrons. The van der Waals surface area contributed by atoms with Crippen molar-refractivity contribution in [2.45, 2.75) is 0 Å². The first-order valence-electron chi connectivity index (χ1n) is 9.02. The van der Waals surface area contributed by atoms with Crippen LogP contribution in [0.1, 0.15) is 5.56 Å². The number of nitrogens with zero attached hydrogens (tertiary/aromatic N) is 3. The largest absolute Gasteiger partial charge is 0.368 e. The van der Waals surface area contributed by atoms with Gasteiger partial charge in [-0.2, -0.15) is 0 Å². The number of anilines is 1. The van der Waals surface area contributed by atoms with E-state index in [1.54, 1.807) is 12.3 Å². The fourth-order valence-electron chi connectivity index (χ4n) is 3.39. The molecule has 1 saturated heterocycles. The molecule has 1 aromatic heterocycles. The molecule has 0 saturated carbocycles. The molecule has 1 amide bonds. The number of fused-ring (bicyclic) bond motifs is 1. The highest BCUT2D eigenvalue weighted by Crippen LogP contribution is 2.21. The molecule has 3 aromatic rings. The molecule has 4 rings (SSSR count). The second-order valence-electron chi connectivity index (χ2n) is 6.55. The Labute approximate surface area is 163 Å². The lowest BCUT2D eigenvalue weighted by atomic mass is 10.1. The maximum atomic E-state index is 12.6. The van der Waals surface area contributed by atoms with Crippen LogP contribution in [0.2, 0.25) is 5.02 Å². The number of para-hydroxylation sites is 1. The van der Waals surface area contributed by atoms with E-state index in [0.717, 1.165) is 40.3 Å². The van der Waals surface area contributed by atoms with Gasteiger partial charge in [0.2, 0.25) is 5.91 Å². The van der Waals surface area contributed by atoms with Crippen molar-refractivity contribution in [1.29, 1.82) is 0 Å². The van der Waals surface area contributed by atoms with Crippen LogP contribution in [0.5, 0.6) is 0 Å². The fraction of sp³-hybridized carbons (Fsp3) is 0.182. The van der Waals surface area contributed by atoms with Crippen LogP contribution in [0, 0.1) is 0 Å². The molecule has 0 unspecified atom stereocenters. The third-order valence-corrected chi connectivity index (χ3v) is 5.07. The third-order valence-electron chi connectivity index (χ3n) is 4.83. The van der Waals surface area contributed by atoms with E-state index >= 15 is 0 Å². The minimum atomic E-state index is 0.0358. The Balaban J connectivity index is 1.41. The van der Waals surface area contributed by atoms with Crippen molar-refractivity contribution in [3.05, 3.63) is 77.5 Å². The Bertz CT molecular complexity index is 988. The van der Waals surface area contributed by atoms with Gasteiger partial charge in [-0.05, 0) is 30.3 Å². The second kappa shape index (κ2) is 7.80. The summed E-state index contributed by atoms with van der Waals surface area (Å²) in [6.45, 7) is 3.00. The van der Waals surface area contributed by atoms with Crippen LogP contribution < -0.4 is 4.90 Å². The number of piperazine rings is 1. The van der Waals surface area contributed by atoms with E-state index in [0.29, 0.717) is 13.1 Å². The molecular weight excluding hydrogens is 358 g/mol. The number of aromatic nitrogens is 1. The number of hydrogen-bond donors (Lipinski definition) is 0. The minimum Gasteiger partial charge on any atom is -0.368 e. The van der Waals surface area contributed by atoms with Crippen LogP contribution >= 0.6 is 11.6 Å². The first-order valence-corrected chi connectivity index (χ1v) is 9.40. The number of pyridine rings is 1. The summed E-state index contributed by atoms with van der Waals surface area (Å²) in [6.07, 6.45) is 5.29. The van der Waals surface area contributed by atoms with Gasteiger partial charge in [0.05, 0.1) is 5.52 Å². The van der Waals surface area contributed by atoms with E-state index in [9.17, 15) is 4.79 Å². The summed E-state index contributed by atoms with van der Waals surface area (Å²) >= 11 is 6.08. The van der Waals surface area contributed by atoms with Crippen molar-refractivity contribution in [2.75, 3.05) is 31.1 Å². The zero-order valence-electron chi connectivity index (χ0n) is 14.9. The predicted octanol–water partition coefficient (Wildman–Crippen LogP) is 4.25. The van der Waals surface area contributed by atoms with E-state index in [1.165, 1.54) is 0 Å². The number of halogens is 1. The molecule has 27 heavy (non-hydrogen) atoms. The normalized spacial score (nSPS) is 14.9. The molecule has 0 spiro atoms. The zero-order valence-corrected chi connectivity index (χ0v) is 15.6. The van der Waals surface area contributed by atoms with Crippen LogP contribution in [0.15, 0.2) is 66.9 Å². The SMILES string of the molecule is O=C(/C=C/c1cccc2cccnc12)N1CCN(c2cccc(Cl)c2)CC1. The lowest BCUT2D eigenvalue weighted by molar-refractivity contribution is -0.126. The van der Waals surface area contributed by atoms with Gasteiger partial charge in [0.1, 0.15) is 0 Å². The smallest absolute Gasteiger partial charge is 0.246 e. The Morgan fingerprint density at radius 1 is 1.00 bits per heavy atom. The van der Waals surface area contributed by atoms with Gasteiger partial charge in [0, 0.05) is 60.1 Å². The standard InChI is InChI=1S/C22H20ClN3O/c23-19-7-2-8-20(16-19)25-12-14-26(15-13-25)21(27)10-9-18-5-1-4-17-6-3-11-24-22(17)18/h1-11,16H,12-15H2/b10-9+. The molecule has 1 aliphatic heterocycles. The Hall–Kier alpha value is -2.85. The first-order chi connectivity index (χ1) is 13.2. The highest BCUT2D eigenvalue weighted by molar-refractivity contribution is 6.30. The summed E-state index contributed by atoms with van der Waals surface area (Å²) in [5, 5.41) is 1.81. The number of rotatable bonds is 3. The van der Waals surface area contributed by atoms with E-state index in [1.807, 2.05) is 59.5 Å². The number of hydrogen-bond acceptors (Lipinski definition) is 3. The summed E-state index contributed by atoms with van der Waals surface area (Å²) in [5.74, 6) is 0.0358. The molecular formula is C22H20ClN3O. The summed E-state index contributed by atoms with van der Waals surface area (Å²) in [6, 6.07) is 17.8. The first kappa shape index (κ1) is 17.6. The third kappa shape index (κ3) is 3.96. The van der Waals surface area contributed by atoms with Crippen LogP contribution in [-0.2, 0) is 4.79 Å². The van der Waals surface area contributed by atoms with E-state index < -0.39 is 0 Å². The summed E-state index contributed by atoms with van der Waals surface area (Å²) < 4.78 is 0. The van der Waals surface area contributed by atoms with Crippen molar-refractivity contribution < 1.29 is 4.79 Å². The van der Waals surface area contributed by atoms with Gasteiger partial charge in [0.25, 0.3) is 0 Å². The van der Waals surface area contributed by atoms with Crippen molar-refractivity contribution in [3.8, 4) is 0 Å². The average molecular weight is 378 g/mol. The maximum absolute atomic E-state index is 12.6. The van der Waals surface area contributed by atoms with Crippen molar-refractivity contribution in [1.82, 2.24) is 9.88 Å². The van der Waals surface area contributed by atoms with Gasteiger partial charge in [-0.1, -0.05) is 41.9 Å². The van der Waals surface area contributed by atoms with Crippen molar-refractivity contribution in [3.63, 3.8) is 0 Å². The maximum Gasteiger partial charge on any atom is 0.246 e. The van der Waals surface area contributed by atoms with Gasteiger partial charge in [-0.25, -0.2) is 0 Å². The van der Waals surface area contributed by atoms with Crippen molar-refractivity contribution in [2.24, 2.45) is 0 Å². The summed E-state index contributed by atoms with van der Waals surface area (Å²) in [7, 11) is 0. The van der Waals surface area contributed by atoms with E-state index in [2.05, 4.69) is 16.0 Å². The van der Waals surface area contributed by atoms with Gasteiger partial charge < -0.3 is 9.80 Å². The van der Waals surface area contributed by atoms with Gasteiger partial charge in [-0.3, -0.25) is 9.78 Å². The molecule has 0 N–H and O–H groups in total. The van der Waals surface area contributed by atoms with Crippen LogP contribution in [0.25, 0.3) is 17.0 Å². The molecule has 1 aliphatic rings. The number of carbonyl (C=O) groups excluding carboxylic acids is 1. The Morgan fingerprint density at radius 2 is 1.78 bits per heavy atom. The highest BCUT2D eigenvalue weighted by atomic mass is 35.5. The average Bonchev–Trinajstić information content (AvgIpc) is 2.72. The lowest BCUT2D eigenvalue weighted by Crippen LogP contribution is -2.48. The summed E-state index contributed by atoms with van der Waals surface area (Å²) in [5.41, 5.74) is 2.97. The minimum absolute atomic E-state index is 0.0358. The number of carbonyl (C=O) groups is 1.